The fourth-order valence-electron chi connectivity index (χ4n) is 0.767. The van der Waals surface area contributed by atoms with Crippen molar-refractivity contribution in [2.45, 2.75) is 15.5 Å². The van der Waals surface area contributed by atoms with Crippen LogP contribution in [0.1, 0.15) is 13.3 Å². The molecule has 0 aromatic heterocycles. The second-order valence-electron chi connectivity index (χ2n) is 3.24. The van der Waals surface area contributed by atoms with E-state index in [2.05, 4.69) is 47.8 Å². The molecule has 0 spiro atoms. The summed E-state index contributed by atoms with van der Waals surface area (Å²) in [6, 6.07) is 0. The highest BCUT2D eigenvalue weighted by Gasteiger charge is 2.34. The first-order valence-electron chi connectivity index (χ1n) is 4.27. The zero-order valence-electron chi connectivity index (χ0n) is 8.17. The average Bonchev–Trinajstić information content (AvgIpc) is 2.19. The number of aliphatic hydroxyl groups excluding tert-OH is 2. The van der Waals surface area contributed by atoms with Gasteiger partial charge in [0.2, 0.25) is 2.14 Å². The van der Waals surface area contributed by atoms with Gasteiger partial charge in [-0.2, -0.15) is 0 Å². The van der Waals surface area contributed by atoms with Crippen LogP contribution < -0.4 is 0 Å². The molecule has 0 bridgehead atoms. The zero-order chi connectivity index (χ0) is 12.1. The van der Waals surface area contributed by atoms with E-state index in [1.54, 1.807) is 0 Å². The van der Waals surface area contributed by atoms with Gasteiger partial charge in [0.25, 0.3) is 0 Å². The molecule has 7 heteroatoms. The van der Waals surface area contributed by atoms with Crippen LogP contribution in [0.3, 0.4) is 0 Å². The van der Waals surface area contributed by atoms with E-state index in [0.29, 0.717) is 6.42 Å². The van der Waals surface area contributed by atoms with Crippen molar-refractivity contribution in [3.63, 3.8) is 0 Å². The monoisotopic (exact) mass is 410 g/mol. The maximum Gasteiger partial charge on any atom is 0.344 e. The number of esters is 1. The smallest absolute Gasteiger partial charge is 0.344 e. The number of carbonyl (C=O) groups is 1. The second kappa shape index (κ2) is 6.54. The summed E-state index contributed by atoms with van der Waals surface area (Å²) in [7, 11) is 0. The van der Waals surface area contributed by atoms with Gasteiger partial charge in [0.05, 0.1) is 18.6 Å². The van der Waals surface area contributed by atoms with Crippen LogP contribution in [0.2, 0.25) is 0 Å². The Morgan fingerprint density at radius 1 is 1.27 bits per heavy atom. The summed E-state index contributed by atoms with van der Waals surface area (Å²) in [5.41, 5.74) is -0.770. The summed E-state index contributed by atoms with van der Waals surface area (Å²) in [5, 5.41) is 18.2. The summed E-state index contributed by atoms with van der Waals surface area (Å²) >= 11 is 9.03. The van der Waals surface area contributed by atoms with Crippen LogP contribution in [0, 0.1) is 5.41 Å². The topological polar surface area (TPSA) is 66.8 Å². The summed E-state index contributed by atoms with van der Waals surface area (Å²) in [6.45, 7) is 1.32. The number of rotatable bonds is 5. The Morgan fingerprint density at radius 3 is 2.00 bits per heavy atom. The number of carbonyl (C=O) groups excluding carboxylic acids is 1. The second-order valence-corrected chi connectivity index (χ2v) is 10.0. The van der Waals surface area contributed by atoms with Gasteiger partial charge in [0.1, 0.15) is 6.61 Å². The lowest BCUT2D eigenvalue weighted by Gasteiger charge is -2.28. The molecule has 4 nitrogen and oxygen atoms in total. The molecule has 0 amide bonds. The summed E-state index contributed by atoms with van der Waals surface area (Å²) in [4.78, 5) is 11.3. The van der Waals surface area contributed by atoms with E-state index in [0.717, 1.165) is 0 Å². The summed E-state index contributed by atoms with van der Waals surface area (Å²) < 4.78 is 3.83. The first-order chi connectivity index (χ1) is 6.81. The number of aliphatic hydroxyl groups is 2. The highest BCUT2D eigenvalue weighted by atomic mass is 80.0. The molecular weight excluding hydrogens is 400 g/mol. The van der Waals surface area contributed by atoms with E-state index in [1.807, 2.05) is 6.92 Å². The Bertz CT molecular complexity index is 202. The summed E-state index contributed by atoms with van der Waals surface area (Å²) in [5.74, 6) is -0.567. The van der Waals surface area contributed by atoms with Crippen molar-refractivity contribution in [1.29, 1.82) is 0 Å². The molecule has 0 unspecified atom stereocenters. The Hall–Kier alpha value is 0.830. The van der Waals surface area contributed by atoms with Gasteiger partial charge in [-0.3, -0.25) is 0 Å². The lowest BCUT2D eigenvalue weighted by molar-refractivity contribution is -0.147. The van der Waals surface area contributed by atoms with Gasteiger partial charge in [0.15, 0.2) is 0 Å². The average molecular weight is 413 g/mol. The highest BCUT2D eigenvalue weighted by Crippen LogP contribution is 2.35. The minimum absolute atomic E-state index is 0.0279. The Morgan fingerprint density at radius 2 is 1.73 bits per heavy atom. The van der Waals surface area contributed by atoms with Crippen LogP contribution in [0.15, 0.2) is 0 Å². The van der Waals surface area contributed by atoms with Gasteiger partial charge in [-0.25, -0.2) is 4.79 Å². The summed E-state index contributed by atoms with van der Waals surface area (Å²) in [6.07, 6.45) is 0.521. The van der Waals surface area contributed by atoms with E-state index in [4.69, 9.17) is 14.9 Å². The number of halogens is 3. The maximum atomic E-state index is 11.3. The molecule has 2 N–H and O–H groups in total. The van der Waals surface area contributed by atoms with Gasteiger partial charge in [-0.1, -0.05) is 6.92 Å². The van der Waals surface area contributed by atoms with Gasteiger partial charge >= 0.3 is 5.97 Å². The third kappa shape index (κ3) is 5.12. The first-order valence-corrected chi connectivity index (χ1v) is 6.65. The molecule has 0 aliphatic heterocycles. The van der Waals surface area contributed by atoms with Gasteiger partial charge < -0.3 is 14.9 Å². The highest BCUT2D eigenvalue weighted by molar-refractivity contribution is 9.40. The molecule has 0 rings (SSSR count). The molecule has 0 saturated heterocycles. The molecule has 0 aliphatic carbocycles. The van der Waals surface area contributed by atoms with E-state index in [1.165, 1.54) is 0 Å². The molecule has 0 heterocycles. The van der Waals surface area contributed by atoms with E-state index < -0.39 is 13.5 Å². The molecule has 0 atom stereocenters. The molecule has 0 aromatic carbocycles. The molecule has 0 fully saturated rings. The predicted molar refractivity (Wildman–Crippen MR) is 67.4 cm³/mol. The Labute approximate surface area is 114 Å². The molecule has 0 aliphatic rings. The third-order valence-electron chi connectivity index (χ3n) is 2.16. The molecule has 90 valence electrons. The number of hydrogen-bond acceptors (Lipinski definition) is 4. The van der Waals surface area contributed by atoms with Gasteiger partial charge in [-0.05, 0) is 54.2 Å². The van der Waals surface area contributed by atoms with E-state index >= 15 is 0 Å². The SMILES string of the molecule is CCC(CO)(CO)COC(=O)C(Br)(Br)Br. The molecule has 0 saturated carbocycles. The fraction of sp³-hybridized carbons (Fsp3) is 0.875. The van der Waals surface area contributed by atoms with Crippen LogP contribution >= 0.6 is 47.8 Å². The molecule has 0 aromatic rings. The van der Waals surface area contributed by atoms with Gasteiger partial charge in [-0.15, -0.1) is 0 Å². The quantitative estimate of drug-likeness (QED) is 0.533. The normalized spacial score (nSPS) is 12.7. The number of hydrogen-bond donors (Lipinski definition) is 2. The molecule has 0 radical (unpaired) electrons. The van der Waals surface area contributed by atoms with Crippen molar-refractivity contribution >= 4 is 53.8 Å². The molecule has 15 heavy (non-hydrogen) atoms. The van der Waals surface area contributed by atoms with Crippen molar-refractivity contribution in [1.82, 2.24) is 0 Å². The lowest BCUT2D eigenvalue weighted by atomic mass is 9.88. The van der Waals surface area contributed by atoms with Crippen LogP contribution in [-0.2, 0) is 9.53 Å². The first kappa shape index (κ1) is 15.8. The minimum atomic E-state index is -1.11. The van der Waals surface area contributed by atoms with E-state index in [-0.39, 0.29) is 19.8 Å². The van der Waals surface area contributed by atoms with Crippen LogP contribution in [0.4, 0.5) is 0 Å². The van der Waals surface area contributed by atoms with Crippen molar-refractivity contribution in [2.75, 3.05) is 19.8 Å². The minimum Gasteiger partial charge on any atom is -0.463 e. The van der Waals surface area contributed by atoms with Crippen LogP contribution in [0.5, 0.6) is 0 Å². The van der Waals surface area contributed by atoms with Gasteiger partial charge in [0, 0.05) is 0 Å². The van der Waals surface area contributed by atoms with Crippen molar-refractivity contribution in [2.24, 2.45) is 5.41 Å². The zero-order valence-corrected chi connectivity index (χ0v) is 12.9. The molecular formula is C8H13Br3O4. The standard InChI is InChI=1S/C8H13Br3O4/c1-2-7(3-12,4-13)5-15-6(14)8(9,10)11/h12-13H,2-5H2,1H3. The maximum absolute atomic E-state index is 11.3. The Balaban J connectivity index is 4.29. The third-order valence-corrected chi connectivity index (χ3v) is 3.13. The van der Waals surface area contributed by atoms with Crippen molar-refractivity contribution in [3.05, 3.63) is 0 Å². The predicted octanol–water partition coefficient (Wildman–Crippen LogP) is 1.75. The fourth-order valence-corrected chi connectivity index (χ4v) is 1.11. The van der Waals surface area contributed by atoms with Crippen molar-refractivity contribution in [3.8, 4) is 0 Å². The lowest BCUT2D eigenvalue weighted by Crippen LogP contribution is -2.37. The van der Waals surface area contributed by atoms with Crippen LogP contribution in [0.25, 0.3) is 0 Å². The van der Waals surface area contributed by atoms with Crippen molar-refractivity contribution < 1.29 is 19.7 Å². The number of alkyl halides is 3. The Kier molecular flexibility index (Phi) is 6.90. The van der Waals surface area contributed by atoms with E-state index in [9.17, 15) is 4.79 Å². The largest absolute Gasteiger partial charge is 0.463 e. The number of ether oxygens (including phenoxy) is 1. The van der Waals surface area contributed by atoms with Crippen LogP contribution in [-0.4, -0.2) is 38.1 Å².